The van der Waals surface area contributed by atoms with Gasteiger partial charge in [-0.3, -0.25) is 14.5 Å². The monoisotopic (exact) mass is 259 g/mol. The largest absolute Gasteiger partial charge is 0.354 e. The number of nitrogens with zero attached hydrogens (tertiary/aromatic N) is 3. The van der Waals surface area contributed by atoms with E-state index in [2.05, 4.69) is 15.4 Å². The number of rotatable bonds is 5. The van der Waals surface area contributed by atoms with Crippen LogP contribution in [0.25, 0.3) is 0 Å². The second kappa shape index (κ2) is 6.10. The summed E-state index contributed by atoms with van der Waals surface area (Å²) < 4.78 is 1.62. The van der Waals surface area contributed by atoms with Gasteiger partial charge in [-0.15, -0.1) is 0 Å². The molecule has 6 nitrogen and oxygen atoms in total. The third kappa shape index (κ3) is 3.62. The lowest BCUT2D eigenvalue weighted by molar-refractivity contribution is -0.122. The van der Waals surface area contributed by atoms with Crippen molar-refractivity contribution < 1.29 is 4.79 Å². The van der Waals surface area contributed by atoms with Gasteiger partial charge in [0.1, 0.15) is 6.04 Å². The Morgan fingerprint density at radius 1 is 1.53 bits per heavy atom. The first-order valence-electron chi connectivity index (χ1n) is 6.08. The maximum atomic E-state index is 11.8. The van der Waals surface area contributed by atoms with Gasteiger partial charge in [-0.2, -0.15) is 5.10 Å². The maximum Gasteiger partial charge on any atom is 0.241 e. The number of aromatic nitrogens is 3. The van der Waals surface area contributed by atoms with Crippen molar-refractivity contribution in [2.75, 3.05) is 6.54 Å². The van der Waals surface area contributed by atoms with E-state index in [1.54, 1.807) is 30.3 Å². The first-order chi connectivity index (χ1) is 9.16. The summed E-state index contributed by atoms with van der Waals surface area (Å²) >= 11 is 0. The van der Waals surface area contributed by atoms with E-state index in [0.717, 1.165) is 5.69 Å². The van der Waals surface area contributed by atoms with Crippen LogP contribution in [-0.4, -0.2) is 27.2 Å². The fraction of sp³-hybridized carbons (Fsp3) is 0.308. The van der Waals surface area contributed by atoms with Crippen LogP contribution in [0.5, 0.6) is 0 Å². The van der Waals surface area contributed by atoms with E-state index in [-0.39, 0.29) is 5.91 Å². The average molecular weight is 259 g/mol. The SMILES string of the molecule is Cn1cc(C(N)C(=O)NCCc2ccccn2)cn1. The number of hydrogen-bond acceptors (Lipinski definition) is 4. The Morgan fingerprint density at radius 2 is 2.37 bits per heavy atom. The molecule has 0 saturated heterocycles. The molecule has 2 rings (SSSR count). The highest BCUT2D eigenvalue weighted by atomic mass is 16.2. The van der Waals surface area contributed by atoms with E-state index in [9.17, 15) is 4.79 Å². The topological polar surface area (TPSA) is 85.8 Å². The first-order valence-corrected chi connectivity index (χ1v) is 6.08. The van der Waals surface area contributed by atoms with Crippen molar-refractivity contribution >= 4 is 5.91 Å². The summed E-state index contributed by atoms with van der Waals surface area (Å²) in [6, 6.07) is 5.02. The van der Waals surface area contributed by atoms with Crippen molar-refractivity contribution in [1.29, 1.82) is 0 Å². The summed E-state index contributed by atoms with van der Waals surface area (Å²) in [5, 5.41) is 6.79. The highest BCUT2D eigenvalue weighted by Crippen LogP contribution is 2.08. The van der Waals surface area contributed by atoms with E-state index >= 15 is 0 Å². The molecule has 0 radical (unpaired) electrons. The van der Waals surface area contributed by atoms with Crippen LogP contribution in [0.15, 0.2) is 36.8 Å². The van der Waals surface area contributed by atoms with Gasteiger partial charge in [0.15, 0.2) is 0 Å². The smallest absolute Gasteiger partial charge is 0.241 e. The molecule has 1 unspecified atom stereocenters. The molecule has 19 heavy (non-hydrogen) atoms. The number of amides is 1. The lowest BCUT2D eigenvalue weighted by Gasteiger charge is -2.10. The molecule has 0 fully saturated rings. The third-order valence-electron chi connectivity index (χ3n) is 2.77. The molecule has 0 aliphatic rings. The maximum absolute atomic E-state index is 11.8. The van der Waals surface area contributed by atoms with Crippen LogP contribution < -0.4 is 11.1 Å². The molecular weight excluding hydrogens is 242 g/mol. The summed E-state index contributed by atoms with van der Waals surface area (Å²) in [7, 11) is 1.79. The van der Waals surface area contributed by atoms with E-state index in [0.29, 0.717) is 18.5 Å². The molecule has 2 aromatic rings. The number of hydrogen-bond donors (Lipinski definition) is 2. The fourth-order valence-corrected chi connectivity index (χ4v) is 1.72. The third-order valence-corrected chi connectivity index (χ3v) is 2.77. The van der Waals surface area contributed by atoms with Crippen molar-refractivity contribution in [1.82, 2.24) is 20.1 Å². The molecule has 1 amide bonds. The van der Waals surface area contributed by atoms with Crippen molar-refractivity contribution in [3.63, 3.8) is 0 Å². The van der Waals surface area contributed by atoms with Crippen molar-refractivity contribution in [2.45, 2.75) is 12.5 Å². The number of aryl methyl sites for hydroxylation is 1. The van der Waals surface area contributed by atoms with Crippen LogP contribution in [0.1, 0.15) is 17.3 Å². The summed E-state index contributed by atoms with van der Waals surface area (Å²) in [6.07, 6.45) is 5.76. The van der Waals surface area contributed by atoms with Gasteiger partial charge in [0.25, 0.3) is 0 Å². The summed E-state index contributed by atoms with van der Waals surface area (Å²) in [6.45, 7) is 0.518. The van der Waals surface area contributed by atoms with Crippen molar-refractivity contribution in [2.24, 2.45) is 12.8 Å². The molecular formula is C13H17N5O. The number of pyridine rings is 1. The van der Waals surface area contributed by atoms with Crippen LogP contribution in [0.2, 0.25) is 0 Å². The minimum Gasteiger partial charge on any atom is -0.354 e. The standard InChI is InChI=1S/C13H17N5O/c1-18-9-10(8-17-18)12(14)13(19)16-7-5-11-4-2-3-6-15-11/h2-4,6,8-9,12H,5,7,14H2,1H3,(H,16,19). The number of carbonyl (C=O) groups is 1. The van der Waals surface area contributed by atoms with Gasteiger partial charge in [0, 0.05) is 43.7 Å². The Bertz CT molecular complexity index is 537. The van der Waals surface area contributed by atoms with Crippen LogP contribution >= 0.6 is 0 Å². The Morgan fingerprint density at radius 3 is 3.00 bits per heavy atom. The zero-order valence-electron chi connectivity index (χ0n) is 10.8. The van der Waals surface area contributed by atoms with E-state index in [1.807, 2.05) is 18.2 Å². The van der Waals surface area contributed by atoms with Crippen molar-refractivity contribution in [3.05, 3.63) is 48.0 Å². The van der Waals surface area contributed by atoms with Crippen molar-refractivity contribution in [3.8, 4) is 0 Å². The van der Waals surface area contributed by atoms with Crippen LogP contribution in [-0.2, 0) is 18.3 Å². The average Bonchev–Trinajstić information content (AvgIpc) is 2.85. The van der Waals surface area contributed by atoms with Crippen LogP contribution in [0.3, 0.4) is 0 Å². The lowest BCUT2D eigenvalue weighted by Crippen LogP contribution is -2.35. The minimum atomic E-state index is -0.683. The number of carbonyl (C=O) groups excluding carboxylic acids is 1. The molecule has 6 heteroatoms. The molecule has 3 N–H and O–H groups in total. The number of nitrogens with two attached hydrogens (primary N) is 1. The Hall–Kier alpha value is -2.21. The van der Waals surface area contributed by atoms with Gasteiger partial charge >= 0.3 is 0 Å². The highest BCUT2D eigenvalue weighted by Gasteiger charge is 2.16. The first kappa shape index (κ1) is 13.2. The Kier molecular flexibility index (Phi) is 4.25. The molecule has 0 spiro atoms. The minimum absolute atomic E-state index is 0.205. The Balaban J connectivity index is 1.81. The predicted molar refractivity (Wildman–Crippen MR) is 71.1 cm³/mol. The summed E-state index contributed by atoms with van der Waals surface area (Å²) in [5.41, 5.74) is 7.50. The van der Waals surface area contributed by atoms with Gasteiger partial charge in [0.05, 0.1) is 6.20 Å². The molecule has 2 aromatic heterocycles. The summed E-state index contributed by atoms with van der Waals surface area (Å²) in [4.78, 5) is 16.0. The fourth-order valence-electron chi connectivity index (χ4n) is 1.72. The van der Waals surface area contributed by atoms with E-state index in [4.69, 9.17) is 5.73 Å². The molecule has 0 aliphatic heterocycles. The van der Waals surface area contributed by atoms with E-state index in [1.165, 1.54) is 0 Å². The lowest BCUT2D eigenvalue weighted by atomic mass is 10.1. The second-order valence-electron chi connectivity index (χ2n) is 4.29. The van der Waals surface area contributed by atoms with Gasteiger partial charge in [-0.25, -0.2) is 0 Å². The number of nitrogens with one attached hydrogen (secondary N) is 1. The zero-order valence-corrected chi connectivity index (χ0v) is 10.8. The normalized spacial score (nSPS) is 12.1. The predicted octanol–water partition coefficient (Wildman–Crippen LogP) is 0.174. The highest BCUT2D eigenvalue weighted by molar-refractivity contribution is 5.82. The molecule has 0 saturated carbocycles. The molecule has 100 valence electrons. The van der Waals surface area contributed by atoms with E-state index < -0.39 is 6.04 Å². The van der Waals surface area contributed by atoms with Gasteiger partial charge < -0.3 is 11.1 Å². The quantitative estimate of drug-likeness (QED) is 0.801. The molecule has 0 bridgehead atoms. The Labute approximate surface area is 111 Å². The second-order valence-corrected chi connectivity index (χ2v) is 4.29. The zero-order chi connectivity index (χ0) is 13.7. The van der Waals surface area contributed by atoms with Gasteiger partial charge in [-0.1, -0.05) is 6.07 Å². The van der Waals surface area contributed by atoms with Crippen LogP contribution in [0, 0.1) is 0 Å². The summed E-state index contributed by atoms with van der Waals surface area (Å²) in [5.74, 6) is -0.205. The van der Waals surface area contributed by atoms with Crippen LogP contribution in [0.4, 0.5) is 0 Å². The van der Waals surface area contributed by atoms with Gasteiger partial charge in [0.2, 0.25) is 5.91 Å². The van der Waals surface area contributed by atoms with Gasteiger partial charge in [-0.05, 0) is 12.1 Å². The molecule has 1 atom stereocenters. The molecule has 2 heterocycles. The molecule has 0 aromatic carbocycles. The molecule has 0 aliphatic carbocycles.